The lowest BCUT2D eigenvalue weighted by molar-refractivity contribution is -0.158. The number of hydrogen-bond donors (Lipinski definition) is 1. The first-order valence-corrected chi connectivity index (χ1v) is 7.45. The van der Waals surface area contributed by atoms with E-state index in [9.17, 15) is 14.4 Å². The van der Waals surface area contributed by atoms with Gasteiger partial charge in [0.1, 0.15) is 6.04 Å². The van der Waals surface area contributed by atoms with Crippen LogP contribution in [-0.4, -0.2) is 48.3 Å². The van der Waals surface area contributed by atoms with Crippen molar-refractivity contribution in [2.24, 2.45) is 11.1 Å². The van der Waals surface area contributed by atoms with Crippen molar-refractivity contribution in [1.82, 2.24) is 4.90 Å². The van der Waals surface area contributed by atoms with E-state index in [0.29, 0.717) is 19.4 Å². The monoisotopic (exact) mass is 300 g/mol. The summed E-state index contributed by atoms with van der Waals surface area (Å²) in [5.41, 5.74) is 4.60. The fourth-order valence-electron chi connectivity index (χ4n) is 1.68. The molecule has 0 aliphatic rings. The average Bonchev–Trinajstić information content (AvgIpc) is 2.46. The normalized spacial score (nSPS) is 12.7. The average molecular weight is 300 g/mol. The molecule has 1 unspecified atom stereocenters. The molecule has 0 aliphatic carbocycles. The molecule has 122 valence electrons. The van der Waals surface area contributed by atoms with Gasteiger partial charge in [0, 0.05) is 12.0 Å². The van der Waals surface area contributed by atoms with Gasteiger partial charge in [0.15, 0.2) is 0 Å². The van der Waals surface area contributed by atoms with Crippen LogP contribution in [-0.2, 0) is 19.1 Å². The number of ether oxygens (including phenoxy) is 1. The molecule has 0 saturated carbocycles. The van der Waals surface area contributed by atoms with Crippen LogP contribution < -0.4 is 5.73 Å². The highest BCUT2D eigenvalue weighted by Crippen LogP contribution is 2.22. The first kappa shape index (κ1) is 19.6. The topological polar surface area (TPSA) is 89.7 Å². The highest BCUT2D eigenvalue weighted by molar-refractivity contribution is 6.38. The number of nitrogens with zero attached hydrogens (tertiary/aromatic N) is 1. The lowest BCUT2D eigenvalue weighted by Crippen LogP contribution is -2.49. The van der Waals surface area contributed by atoms with Crippen molar-refractivity contribution in [1.29, 1.82) is 0 Å². The van der Waals surface area contributed by atoms with Crippen molar-refractivity contribution in [2.75, 3.05) is 19.7 Å². The van der Waals surface area contributed by atoms with Crippen molar-refractivity contribution >= 4 is 17.7 Å². The molecule has 0 saturated heterocycles. The highest BCUT2D eigenvalue weighted by Gasteiger charge is 2.37. The molecule has 0 rings (SSSR count). The molecule has 1 amide bonds. The standard InChI is InChI=1S/C15H28N2O4/c1-6-15(4,5)12(18)13(19)17(7-2)11(3)14(20)21-10-8-9-16/h11H,6-10,16H2,1-5H3. The van der Waals surface area contributed by atoms with E-state index in [1.54, 1.807) is 27.7 Å². The number of esters is 1. The minimum absolute atomic E-state index is 0.222. The number of hydrogen-bond acceptors (Lipinski definition) is 5. The molecule has 0 aromatic carbocycles. The number of likely N-dealkylation sites (N-methyl/N-ethyl adjacent to an activating group) is 1. The second-order valence-electron chi connectivity index (χ2n) is 5.64. The fourth-order valence-corrected chi connectivity index (χ4v) is 1.68. The van der Waals surface area contributed by atoms with Gasteiger partial charge in [-0.05, 0) is 33.2 Å². The maximum Gasteiger partial charge on any atom is 0.328 e. The van der Waals surface area contributed by atoms with E-state index < -0.39 is 29.1 Å². The SMILES string of the molecule is CCN(C(=O)C(=O)C(C)(C)CC)C(C)C(=O)OCCCN. The molecule has 0 bridgehead atoms. The van der Waals surface area contributed by atoms with E-state index in [0.717, 1.165) is 0 Å². The van der Waals surface area contributed by atoms with Crippen LogP contribution in [0.5, 0.6) is 0 Å². The van der Waals surface area contributed by atoms with Gasteiger partial charge in [0.05, 0.1) is 6.61 Å². The molecular formula is C15H28N2O4. The Morgan fingerprint density at radius 3 is 2.24 bits per heavy atom. The Labute approximate surface area is 127 Å². The largest absolute Gasteiger partial charge is 0.464 e. The number of Topliss-reactive ketones (excluding diaryl/α,β-unsaturated/α-hetero) is 1. The number of ketones is 1. The fraction of sp³-hybridized carbons (Fsp3) is 0.800. The van der Waals surface area contributed by atoms with Gasteiger partial charge in [-0.3, -0.25) is 9.59 Å². The van der Waals surface area contributed by atoms with E-state index in [4.69, 9.17) is 10.5 Å². The summed E-state index contributed by atoms with van der Waals surface area (Å²) >= 11 is 0. The third kappa shape index (κ3) is 5.46. The van der Waals surface area contributed by atoms with E-state index >= 15 is 0 Å². The van der Waals surface area contributed by atoms with Crippen molar-refractivity contribution in [2.45, 2.75) is 53.5 Å². The summed E-state index contributed by atoms with van der Waals surface area (Å²) in [5.74, 6) is -1.62. The van der Waals surface area contributed by atoms with Crippen molar-refractivity contribution in [3.63, 3.8) is 0 Å². The molecule has 0 spiro atoms. The predicted octanol–water partition coefficient (Wildman–Crippen LogP) is 1.12. The van der Waals surface area contributed by atoms with Crippen molar-refractivity contribution in [3.8, 4) is 0 Å². The maximum atomic E-state index is 12.3. The third-order valence-corrected chi connectivity index (χ3v) is 3.70. The molecule has 0 radical (unpaired) electrons. The highest BCUT2D eigenvalue weighted by atomic mass is 16.5. The molecular weight excluding hydrogens is 272 g/mol. The maximum absolute atomic E-state index is 12.3. The van der Waals surface area contributed by atoms with Crippen molar-refractivity contribution < 1.29 is 19.1 Å². The van der Waals surface area contributed by atoms with E-state index in [2.05, 4.69) is 0 Å². The second kappa shape index (κ2) is 8.77. The van der Waals surface area contributed by atoms with Crippen LogP contribution in [0.3, 0.4) is 0 Å². The first-order valence-electron chi connectivity index (χ1n) is 7.45. The van der Waals surface area contributed by atoms with Crippen LogP contribution in [0.15, 0.2) is 0 Å². The van der Waals surface area contributed by atoms with Gasteiger partial charge in [0.2, 0.25) is 5.78 Å². The molecule has 21 heavy (non-hydrogen) atoms. The van der Waals surface area contributed by atoms with E-state index in [1.165, 1.54) is 4.90 Å². The Kier molecular flexibility index (Phi) is 8.17. The molecule has 6 nitrogen and oxygen atoms in total. The van der Waals surface area contributed by atoms with Gasteiger partial charge in [-0.25, -0.2) is 4.79 Å². The number of nitrogens with two attached hydrogens (primary N) is 1. The lowest BCUT2D eigenvalue weighted by atomic mass is 9.84. The first-order chi connectivity index (χ1) is 9.72. The molecule has 0 heterocycles. The van der Waals surface area contributed by atoms with Gasteiger partial charge in [-0.15, -0.1) is 0 Å². The van der Waals surface area contributed by atoms with Crippen LogP contribution in [0.4, 0.5) is 0 Å². The summed E-state index contributed by atoms with van der Waals surface area (Å²) in [6, 6.07) is -0.781. The van der Waals surface area contributed by atoms with Gasteiger partial charge in [0.25, 0.3) is 5.91 Å². The molecule has 0 aromatic heterocycles. The summed E-state index contributed by atoms with van der Waals surface area (Å²) < 4.78 is 5.04. The van der Waals surface area contributed by atoms with Crippen LogP contribution in [0.25, 0.3) is 0 Å². The van der Waals surface area contributed by atoms with Crippen LogP contribution in [0.1, 0.15) is 47.5 Å². The van der Waals surface area contributed by atoms with Gasteiger partial charge in [-0.1, -0.05) is 20.8 Å². The van der Waals surface area contributed by atoms with Crippen LogP contribution in [0.2, 0.25) is 0 Å². The Hall–Kier alpha value is -1.43. The summed E-state index contributed by atoms with van der Waals surface area (Å²) in [6.07, 6.45) is 1.13. The van der Waals surface area contributed by atoms with Gasteiger partial charge in [-0.2, -0.15) is 0 Å². The lowest BCUT2D eigenvalue weighted by Gasteiger charge is -2.29. The molecule has 0 aliphatic heterocycles. The molecule has 0 fully saturated rings. The second-order valence-corrected chi connectivity index (χ2v) is 5.64. The zero-order valence-electron chi connectivity index (χ0n) is 13.8. The van der Waals surface area contributed by atoms with Gasteiger partial charge < -0.3 is 15.4 Å². The number of carbonyl (C=O) groups is 3. The molecule has 6 heteroatoms. The van der Waals surface area contributed by atoms with E-state index in [1.807, 2.05) is 6.92 Å². The quantitative estimate of drug-likeness (QED) is 0.391. The van der Waals surface area contributed by atoms with Gasteiger partial charge >= 0.3 is 5.97 Å². The Bertz CT molecular complexity index is 380. The summed E-state index contributed by atoms with van der Waals surface area (Å²) in [7, 11) is 0. The minimum atomic E-state index is -0.781. The zero-order valence-corrected chi connectivity index (χ0v) is 13.8. The van der Waals surface area contributed by atoms with Crippen LogP contribution >= 0.6 is 0 Å². The molecule has 1 atom stereocenters. The predicted molar refractivity (Wildman–Crippen MR) is 80.6 cm³/mol. The van der Waals surface area contributed by atoms with E-state index in [-0.39, 0.29) is 13.2 Å². The summed E-state index contributed by atoms with van der Waals surface area (Å²) in [6.45, 7) is 9.54. The summed E-state index contributed by atoms with van der Waals surface area (Å²) in [4.78, 5) is 37.7. The number of carbonyl (C=O) groups excluding carboxylic acids is 3. The Balaban J connectivity index is 4.86. The molecule has 2 N–H and O–H groups in total. The summed E-state index contributed by atoms with van der Waals surface area (Å²) in [5, 5.41) is 0. The molecule has 0 aromatic rings. The van der Waals surface area contributed by atoms with Crippen LogP contribution in [0, 0.1) is 5.41 Å². The Morgan fingerprint density at radius 1 is 1.24 bits per heavy atom. The minimum Gasteiger partial charge on any atom is -0.464 e. The number of rotatable bonds is 9. The smallest absolute Gasteiger partial charge is 0.328 e. The Morgan fingerprint density at radius 2 is 1.81 bits per heavy atom. The van der Waals surface area contributed by atoms with Crippen molar-refractivity contribution in [3.05, 3.63) is 0 Å². The third-order valence-electron chi connectivity index (χ3n) is 3.70. The zero-order chi connectivity index (χ0) is 16.6. The number of amides is 1.